The summed E-state index contributed by atoms with van der Waals surface area (Å²) in [6, 6.07) is 23.0. The fourth-order valence-electron chi connectivity index (χ4n) is 4.39. The number of nitrogens with one attached hydrogen (secondary N) is 1. The first-order valence-corrected chi connectivity index (χ1v) is 14.3. The average Bonchev–Trinajstić information content (AvgIpc) is 2.90. The molecule has 9 heteroatoms. The molecule has 3 aromatic carbocycles. The first kappa shape index (κ1) is 27.1. The Morgan fingerprint density at radius 1 is 0.946 bits per heavy atom. The van der Waals surface area contributed by atoms with Crippen LogP contribution in [0.5, 0.6) is 5.75 Å². The summed E-state index contributed by atoms with van der Waals surface area (Å²) >= 11 is 6.24. The summed E-state index contributed by atoms with van der Waals surface area (Å²) in [7, 11) is -4.02. The normalized spacial score (nSPS) is 15.4. The first-order valence-electron chi connectivity index (χ1n) is 12.4. The van der Waals surface area contributed by atoms with Crippen molar-refractivity contribution in [1.82, 2.24) is 14.5 Å². The van der Waals surface area contributed by atoms with E-state index in [1.54, 1.807) is 4.90 Å². The number of carbonyl (C=O) groups is 1. The molecule has 4 rings (SSSR count). The molecule has 1 heterocycles. The Kier molecular flexibility index (Phi) is 9.21. The van der Waals surface area contributed by atoms with Crippen LogP contribution < -0.4 is 9.46 Å². The molecule has 1 atom stereocenters. The topological polar surface area (TPSA) is 78.9 Å². The maximum absolute atomic E-state index is 13.6. The highest BCUT2D eigenvalue weighted by atomic mass is 35.5. The number of carbonyl (C=O) groups excluding carboxylic acids is 1. The molecule has 1 saturated heterocycles. The highest BCUT2D eigenvalue weighted by Gasteiger charge is 2.31. The van der Waals surface area contributed by atoms with Crippen molar-refractivity contribution in [3.8, 4) is 5.75 Å². The molecule has 37 heavy (non-hydrogen) atoms. The maximum Gasteiger partial charge on any atom is 0.241 e. The van der Waals surface area contributed by atoms with Gasteiger partial charge in [0.15, 0.2) is 0 Å². The highest BCUT2D eigenvalue weighted by molar-refractivity contribution is 7.89. The van der Waals surface area contributed by atoms with Crippen molar-refractivity contribution in [3.63, 3.8) is 0 Å². The van der Waals surface area contributed by atoms with Crippen LogP contribution in [0.15, 0.2) is 83.8 Å². The van der Waals surface area contributed by atoms with Gasteiger partial charge >= 0.3 is 0 Å². The zero-order valence-electron chi connectivity index (χ0n) is 20.8. The third-order valence-corrected chi connectivity index (χ3v) is 8.09. The van der Waals surface area contributed by atoms with E-state index in [0.29, 0.717) is 25.4 Å². The second-order valence-electron chi connectivity index (χ2n) is 8.98. The number of halogens is 1. The van der Waals surface area contributed by atoms with E-state index in [1.165, 1.54) is 23.8 Å². The highest BCUT2D eigenvalue weighted by Crippen LogP contribution is 2.27. The zero-order chi connectivity index (χ0) is 26.3. The summed E-state index contributed by atoms with van der Waals surface area (Å²) in [4.78, 5) is 17.7. The molecule has 1 amide bonds. The fraction of sp³-hybridized carbons (Fsp3) is 0.321. The van der Waals surface area contributed by atoms with Gasteiger partial charge in [-0.1, -0.05) is 72.3 Å². The number of rotatable bonds is 10. The van der Waals surface area contributed by atoms with Gasteiger partial charge in [-0.3, -0.25) is 9.69 Å². The quantitative estimate of drug-likeness (QED) is 0.420. The number of nitrogens with zero attached hydrogens (tertiary/aromatic N) is 2. The molecule has 3 aromatic rings. The van der Waals surface area contributed by atoms with Gasteiger partial charge in [0.25, 0.3) is 0 Å². The van der Waals surface area contributed by atoms with Crippen LogP contribution in [0.1, 0.15) is 18.1 Å². The molecule has 0 aromatic heterocycles. The molecule has 1 unspecified atom stereocenters. The standard InChI is InChI=1S/C28H32ClN3O4S/c1-2-36-27-14-13-24(20-25(27)29)37(34,35)30-26(19-22-9-5-3-6-10-22)28(33)32-17-15-31(16-18-32)21-23-11-7-4-8-12-23/h3-14,20,26,30H,2,15-19,21H2,1H3. The lowest BCUT2D eigenvalue weighted by Crippen LogP contribution is -2.55. The Balaban J connectivity index is 1.48. The van der Waals surface area contributed by atoms with Gasteiger partial charge in [-0.05, 0) is 42.7 Å². The monoisotopic (exact) mass is 541 g/mol. The first-order chi connectivity index (χ1) is 17.9. The fourth-order valence-corrected chi connectivity index (χ4v) is 5.91. The van der Waals surface area contributed by atoms with Crippen LogP contribution >= 0.6 is 11.6 Å². The summed E-state index contributed by atoms with van der Waals surface area (Å²) in [5.74, 6) is 0.178. The maximum atomic E-state index is 13.6. The smallest absolute Gasteiger partial charge is 0.241 e. The molecule has 1 N–H and O–H groups in total. The van der Waals surface area contributed by atoms with Crippen molar-refractivity contribution in [1.29, 1.82) is 0 Å². The minimum absolute atomic E-state index is 0.0144. The number of sulfonamides is 1. The van der Waals surface area contributed by atoms with Crippen LogP contribution in [0, 0.1) is 0 Å². The lowest BCUT2D eigenvalue weighted by Gasteiger charge is -2.36. The van der Waals surface area contributed by atoms with Crippen molar-refractivity contribution in [2.45, 2.75) is 30.8 Å². The molecule has 0 spiro atoms. The van der Waals surface area contributed by atoms with Crippen molar-refractivity contribution in [3.05, 3.63) is 95.0 Å². The van der Waals surface area contributed by atoms with E-state index in [0.717, 1.165) is 25.2 Å². The van der Waals surface area contributed by atoms with Crippen LogP contribution in [-0.2, 0) is 27.8 Å². The van der Waals surface area contributed by atoms with Crippen molar-refractivity contribution < 1.29 is 17.9 Å². The number of hydrogen-bond acceptors (Lipinski definition) is 5. The Hall–Kier alpha value is -2.91. The Labute approximate surface area is 224 Å². The lowest BCUT2D eigenvalue weighted by atomic mass is 10.1. The Morgan fingerprint density at radius 3 is 2.16 bits per heavy atom. The average molecular weight is 542 g/mol. The van der Waals surface area contributed by atoms with Crippen LogP contribution in [0.3, 0.4) is 0 Å². The molecule has 0 bridgehead atoms. The molecule has 0 radical (unpaired) electrons. The predicted octanol–water partition coefficient (Wildman–Crippen LogP) is 3.97. The third kappa shape index (κ3) is 7.32. The van der Waals surface area contributed by atoms with E-state index in [4.69, 9.17) is 16.3 Å². The third-order valence-electron chi connectivity index (χ3n) is 6.32. The molecule has 196 valence electrons. The van der Waals surface area contributed by atoms with E-state index in [1.807, 2.05) is 55.5 Å². The van der Waals surface area contributed by atoms with Gasteiger partial charge in [-0.2, -0.15) is 4.72 Å². The van der Waals surface area contributed by atoms with E-state index in [2.05, 4.69) is 21.8 Å². The van der Waals surface area contributed by atoms with Gasteiger partial charge in [0, 0.05) is 32.7 Å². The molecule has 1 aliphatic heterocycles. The van der Waals surface area contributed by atoms with Gasteiger partial charge < -0.3 is 9.64 Å². The van der Waals surface area contributed by atoms with E-state index in [9.17, 15) is 13.2 Å². The predicted molar refractivity (Wildman–Crippen MR) is 145 cm³/mol. The second-order valence-corrected chi connectivity index (χ2v) is 11.1. The van der Waals surface area contributed by atoms with Gasteiger partial charge in [0.2, 0.25) is 15.9 Å². The summed E-state index contributed by atoms with van der Waals surface area (Å²) in [6.07, 6.45) is 0.244. The number of amides is 1. The summed E-state index contributed by atoms with van der Waals surface area (Å²) in [5.41, 5.74) is 2.10. The Morgan fingerprint density at radius 2 is 1.57 bits per heavy atom. The van der Waals surface area contributed by atoms with E-state index in [-0.39, 0.29) is 22.2 Å². The molecule has 0 aliphatic carbocycles. The Bertz CT molecular complexity index is 1280. The largest absolute Gasteiger partial charge is 0.492 e. The number of hydrogen-bond donors (Lipinski definition) is 1. The second kappa shape index (κ2) is 12.6. The molecular weight excluding hydrogens is 510 g/mol. The summed E-state index contributed by atoms with van der Waals surface area (Å²) in [6.45, 7) is 5.57. The number of piperazine rings is 1. The molecule has 1 aliphatic rings. The number of benzene rings is 3. The van der Waals surface area contributed by atoms with Crippen molar-refractivity contribution in [2.24, 2.45) is 0 Å². The van der Waals surface area contributed by atoms with Gasteiger partial charge in [0.05, 0.1) is 16.5 Å². The van der Waals surface area contributed by atoms with E-state index >= 15 is 0 Å². The van der Waals surface area contributed by atoms with Gasteiger partial charge in [0.1, 0.15) is 11.8 Å². The van der Waals surface area contributed by atoms with Crippen LogP contribution in [0.25, 0.3) is 0 Å². The SMILES string of the molecule is CCOc1ccc(S(=O)(=O)NC(Cc2ccccc2)C(=O)N2CCN(Cc3ccccc3)CC2)cc1Cl. The van der Waals surface area contributed by atoms with Crippen LogP contribution in [0.4, 0.5) is 0 Å². The molecule has 1 fully saturated rings. The molecule has 0 saturated carbocycles. The summed E-state index contributed by atoms with van der Waals surface area (Å²) in [5, 5.41) is 0.199. The van der Waals surface area contributed by atoms with Crippen LogP contribution in [-0.4, -0.2) is 63.0 Å². The lowest BCUT2D eigenvalue weighted by molar-refractivity contribution is -0.134. The minimum Gasteiger partial charge on any atom is -0.492 e. The summed E-state index contributed by atoms with van der Waals surface area (Å²) < 4.78 is 34.7. The van der Waals surface area contributed by atoms with Gasteiger partial charge in [-0.25, -0.2) is 8.42 Å². The minimum atomic E-state index is -4.02. The molecular formula is C28H32ClN3O4S. The number of ether oxygens (including phenoxy) is 1. The molecule has 7 nitrogen and oxygen atoms in total. The van der Waals surface area contributed by atoms with Gasteiger partial charge in [-0.15, -0.1) is 0 Å². The van der Waals surface area contributed by atoms with E-state index < -0.39 is 16.1 Å². The van der Waals surface area contributed by atoms with Crippen molar-refractivity contribution in [2.75, 3.05) is 32.8 Å². The zero-order valence-corrected chi connectivity index (χ0v) is 22.4. The van der Waals surface area contributed by atoms with Crippen molar-refractivity contribution >= 4 is 27.5 Å². The van der Waals surface area contributed by atoms with Crippen LogP contribution in [0.2, 0.25) is 5.02 Å².